The topological polar surface area (TPSA) is 44.5 Å². The summed E-state index contributed by atoms with van der Waals surface area (Å²) in [4.78, 5) is 6.51. The van der Waals surface area contributed by atoms with E-state index in [9.17, 15) is 0 Å². The van der Waals surface area contributed by atoms with Crippen molar-refractivity contribution in [1.82, 2.24) is 19.6 Å². The second-order valence-electron chi connectivity index (χ2n) is 6.23. The molecule has 1 aliphatic rings. The molecule has 5 nitrogen and oxygen atoms in total. The van der Waals surface area contributed by atoms with Gasteiger partial charge in [0.25, 0.3) is 0 Å². The molecule has 3 rings (SSSR count). The number of rotatable bonds is 6. The average molecular weight is 334 g/mol. The van der Waals surface area contributed by atoms with Gasteiger partial charge < -0.3 is 5.11 Å². The summed E-state index contributed by atoms with van der Waals surface area (Å²) in [7, 11) is 0. The number of piperazine rings is 1. The SMILES string of the molecule is Cc1nn(CCO)c(C)c1CN1CCN(Cc2cccs2)CC1. The van der Waals surface area contributed by atoms with E-state index < -0.39 is 0 Å². The molecule has 0 spiro atoms. The van der Waals surface area contributed by atoms with Crippen LogP contribution >= 0.6 is 11.3 Å². The summed E-state index contributed by atoms with van der Waals surface area (Å²) in [5.74, 6) is 0. The molecule has 0 bridgehead atoms. The van der Waals surface area contributed by atoms with Gasteiger partial charge in [0.05, 0.1) is 18.8 Å². The highest BCUT2D eigenvalue weighted by atomic mass is 32.1. The Hall–Kier alpha value is -1.21. The first-order valence-corrected chi connectivity index (χ1v) is 9.16. The number of aromatic nitrogens is 2. The molecule has 0 aromatic carbocycles. The lowest BCUT2D eigenvalue weighted by Crippen LogP contribution is -2.45. The van der Waals surface area contributed by atoms with Gasteiger partial charge in [0.2, 0.25) is 0 Å². The van der Waals surface area contributed by atoms with Gasteiger partial charge in [-0.2, -0.15) is 5.10 Å². The Balaban J connectivity index is 1.54. The maximum Gasteiger partial charge on any atom is 0.0644 e. The van der Waals surface area contributed by atoms with Crippen LogP contribution in [0.3, 0.4) is 0 Å². The summed E-state index contributed by atoms with van der Waals surface area (Å²) in [6.07, 6.45) is 0. The van der Waals surface area contributed by atoms with Crippen LogP contribution in [0.5, 0.6) is 0 Å². The zero-order valence-corrected chi connectivity index (χ0v) is 14.8. The van der Waals surface area contributed by atoms with Crippen LogP contribution in [0.1, 0.15) is 21.8 Å². The maximum absolute atomic E-state index is 9.12. The van der Waals surface area contributed by atoms with Gasteiger partial charge >= 0.3 is 0 Å². The van der Waals surface area contributed by atoms with Gasteiger partial charge in [-0.15, -0.1) is 11.3 Å². The maximum atomic E-state index is 9.12. The molecular weight excluding hydrogens is 308 g/mol. The second kappa shape index (κ2) is 7.57. The van der Waals surface area contributed by atoms with E-state index >= 15 is 0 Å². The number of aryl methyl sites for hydroxylation is 1. The van der Waals surface area contributed by atoms with E-state index in [0.29, 0.717) is 6.54 Å². The fraction of sp³-hybridized carbons (Fsp3) is 0.588. The summed E-state index contributed by atoms with van der Waals surface area (Å²) in [5.41, 5.74) is 3.61. The monoisotopic (exact) mass is 334 g/mol. The summed E-state index contributed by atoms with van der Waals surface area (Å²) in [6.45, 7) is 11.4. The van der Waals surface area contributed by atoms with Crippen LogP contribution in [-0.2, 0) is 19.6 Å². The van der Waals surface area contributed by atoms with Crippen LogP contribution in [-0.4, -0.2) is 57.5 Å². The third-order valence-corrected chi connectivity index (χ3v) is 5.51. The number of nitrogens with zero attached hydrogens (tertiary/aromatic N) is 4. The number of thiophene rings is 1. The predicted molar refractivity (Wildman–Crippen MR) is 93.7 cm³/mol. The van der Waals surface area contributed by atoms with Gasteiger partial charge in [0.1, 0.15) is 0 Å². The van der Waals surface area contributed by atoms with E-state index in [2.05, 4.69) is 46.3 Å². The minimum atomic E-state index is 0.142. The molecule has 1 N–H and O–H groups in total. The first kappa shape index (κ1) is 16.6. The van der Waals surface area contributed by atoms with Gasteiger partial charge in [-0.25, -0.2) is 0 Å². The molecule has 1 saturated heterocycles. The molecule has 6 heteroatoms. The lowest BCUT2D eigenvalue weighted by atomic mass is 10.1. The van der Waals surface area contributed by atoms with Crippen LogP contribution in [0.25, 0.3) is 0 Å². The number of aliphatic hydroxyl groups excluding tert-OH is 1. The molecule has 0 amide bonds. The molecule has 0 atom stereocenters. The van der Waals surface area contributed by atoms with Crippen molar-refractivity contribution in [3.05, 3.63) is 39.3 Å². The fourth-order valence-corrected chi connectivity index (χ4v) is 3.97. The first-order chi connectivity index (χ1) is 11.2. The van der Waals surface area contributed by atoms with Crippen molar-refractivity contribution in [3.8, 4) is 0 Å². The molecular formula is C17H26N4OS. The van der Waals surface area contributed by atoms with Crippen LogP contribution in [0, 0.1) is 13.8 Å². The summed E-state index contributed by atoms with van der Waals surface area (Å²) < 4.78 is 1.93. The lowest BCUT2D eigenvalue weighted by Gasteiger charge is -2.34. The quantitative estimate of drug-likeness (QED) is 0.876. The van der Waals surface area contributed by atoms with Gasteiger partial charge in [-0.3, -0.25) is 14.5 Å². The normalized spacial score (nSPS) is 17.0. The number of hydrogen-bond donors (Lipinski definition) is 1. The predicted octanol–water partition coefficient (Wildman–Crippen LogP) is 1.87. The second-order valence-corrected chi connectivity index (χ2v) is 7.26. The van der Waals surface area contributed by atoms with Crippen molar-refractivity contribution in [3.63, 3.8) is 0 Å². The minimum Gasteiger partial charge on any atom is -0.394 e. The van der Waals surface area contributed by atoms with E-state index in [4.69, 9.17) is 5.11 Å². The van der Waals surface area contributed by atoms with Crippen molar-refractivity contribution in [1.29, 1.82) is 0 Å². The summed E-state index contributed by atoms with van der Waals surface area (Å²) >= 11 is 1.84. The molecule has 0 radical (unpaired) electrons. The molecule has 23 heavy (non-hydrogen) atoms. The fourth-order valence-electron chi connectivity index (χ4n) is 3.23. The number of aliphatic hydroxyl groups is 1. The van der Waals surface area contributed by atoms with Crippen molar-refractivity contribution in [2.45, 2.75) is 33.5 Å². The third-order valence-electron chi connectivity index (χ3n) is 4.65. The highest BCUT2D eigenvalue weighted by Gasteiger charge is 2.20. The smallest absolute Gasteiger partial charge is 0.0644 e. The van der Waals surface area contributed by atoms with Gasteiger partial charge in [-0.05, 0) is 25.3 Å². The molecule has 1 aliphatic heterocycles. The Bertz CT molecular complexity index is 615. The Morgan fingerprint density at radius 2 is 1.83 bits per heavy atom. The largest absolute Gasteiger partial charge is 0.394 e. The lowest BCUT2D eigenvalue weighted by molar-refractivity contribution is 0.122. The van der Waals surface area contributed by atoms with Gasteiger partial charge in [-0.1, -0.05) is 6.07 Å². The zero-order valence-electron chi connectivity index (χ0n) is 14.0. The third kappa shape index (κ3) is 4.01. The van der Waals surface area contributed by atoms with E-state index in [0.717, 1.165) is 45.0 Å². The number of hydrogen-bond acceptors (Lipinski definition) is 5. The summed E-state index contributed by atoms with van der Waals surface area (Å²) in [6, 6.07) is 4.35. The molecule has 2 aromatic heterocycles. The van der Waals surface area contributed by atoms with E-state index in [1.54, 1.807) is 0 Å². The van der Waals surface area contributed by atoms with Crippen molar-refractivity contribution in [2.24, 2.45) is 0 Å². The Labute approximate surface area is 142 Å². The molecule has 3 heterocycles. The zero-order chi connectivity index (χ0) is 16.2. The summed E-state index contributed by atoms with van der Waals surface area (Å²) in [5, 5.41) is 15.8. The standard InChI is InChI=1S/C17H26N4OS/c1-14-17(15(2)21(18-14)9-10-22)13-20-7-5-19(6-8-20)12-16-4-3-11-23-16/h3-4,11,22H,5-10,12-13H2,1-2H3. The Kier molecular flexibility index (Phi) is 5.48. The van der Waals surface area contributed by atoms with Gasteiger partial charge in [0.15, 0.2) is 0 Å². The molecule has 1 fully saturated rings. The molecule has 0 aliphatic carbocycles. The average Bonchev–Trinajstić information content (AvgIpc) is 3.14. The molecule has 2 aromatic rings. The van der Waals surface area contributed by atoms with Crippen LogP contribution in [0.15, 0.2) is 17.5 Å². The van der Waals surface area contributed by atoms with Crippen LogP contribution in [0.2, 0.25) is 0 Å². The van der Waals surface area contributed by atoms with Crippen molar-refractivity contribution < 1.29 is 5.11 Å². The highest BCUT2D eigenvalue weighted by Crippen LogP contribution is 2.18. The Morgan fingerprint density at radius 3 is 2.43 bits per heavy atom. The molecule has 0 unspecified atom stereocenters. The van der Waals surface area contributed by atoms with E-state index in [1.807, 2.05) is 16.0 Å². The molecule has 0 saturated carbocycles. The first-order valence-electron chi connectivity index (χ1n) is 8.28. The van der Waals surface area contributed by atoms with E-state index in [1.165, 1.54) is 16.1 Å². The molecule has 126 valence electrons. The van der Waals surface area contributed by atoms with Crippen molar-refractivity contribution >= 4 is 11.3 Å². The Morgan fingerprint density at radius 1 is 1.13 bits per heavy atom. The van der Waals surface area contributed by atoms with Crippen molar-refractivity contribution in [2.75, 3.05) is 32.8 Å². The van der Waals surface area contributed by atoms with E-state index in [-0.39, 0.29) is 6.61 Å². The minimum absolute atomic E-state index is 0.142. The van der Waals surface area contributed by atoms with Crippen LogP contribution in [0.4, 0.5) is 0 Å². The van der Waals surface area contributed by atoms with Gasteiger partial charge in [0, 0.05) is 55.4 Å². The van der Waals surface area contributed by atoms with Crippen LogP contribution < -0.4 is 0 Å². The highest BCUT2D eigenvalue weighted by molar-refractivity contribution is 7.09.